The number of benzene rings is 1. The van der Waals surface area contributed by atoms with E-state index in [2.05, 4.69) is 28.3 Å². The summed E-state index contributed by atoms with van der Waals surface area (Å²) in [5, 5.41) is 4.38. The Hall–Kier alpha value is -2.30. The Bertz CT molecular complexity index is 753. The van der Waals surface area contributed by atoms with E-state index in [1.165, 1.54) is 5.56 Å². The Kier molecular flexibility index (Phi) is 4.24. The average Bonchev–Trinajstić information content (AvgIpc) is 3.12. The van der Waals surface area contributed by atoms with E-state index in [0.717, 1.165) is 43.7 Å². The molecular formula is C20H25N3O2. The number of aryl methyl sites for hydroxylation is 1. The summed E-state index contributed by atoms with van der Waals surface area (Å²) >= 11 is 0. The van der Waals surface area contributed by atoms with Crippen LogP contribution in [0.1, 0.15) is 36.3 Å². The van der Waals surface area contributed by atoms with Gasteiger partial charge < -0.3 is 9.64 Å². The van der Waals surface area contributed by atoms with Crippen LogP contribution in [0.4, 0.5) is 0 Å². The van der Waals surface area contributed by atoms with Gasteiger partial charge in [-0.3, -0.25) is 9.48 Å². The predicted molar refractivity (Wildman–Crippen MR) is 95.5 cm³/mol. The third-order valence-electron chi connectivity index (χ3n) is 5.47. The third-order valence-corrected chi connectivity index (χ3v) is 5.47. The summed E-state index contributed by atoms with van der Waals surface area (Å²) < 4.78 is 7.19. The van der Waals surface area contributed by atoms with Crippen LogP contribution >= 0.6 is 0 Å². The summed E-state index contributed by atoms with van der Waals surface area (Å²) in [4.78, 5) is 15.1. The standard InChI is InChI=1S/C20H25N3O2/c1-14-11-21-22(12-14)13-16-4-3-9-23(16)20(24)19-10-18(19)15-5-7-17(25-2)8-6-15/h5-8,11-12,16,18-19H,3-4,9-10,13H2,1-2H3. The molecule has 0 bridgehead atoms. The number of amides is 1. The first-order valence-corrected chi connectivity index (χ1v) is 9.09. The number of nitrogens with zero attached hydrogens (tertiary/aromatic N) is 3. The van der Waals surface area contributed by atoms with Gasteiger partial charge in [0.25, 0.3) is 0 Å². The highest BCUT2D eigenvalue weighted by atomic mass is 16.5. The molecule has 5 nitrogen and oxygen atoms in total. The van der Waals surface area contributed by atoms with Crippen LogP contribution in [-0.4, -0.2) is 40.3 Å². The van der Waals surface area contributed by atoms with Gasteiger partial charge in [0.05, 0.1) is 25.9 Å². The molecule has 1 aromatic carbocycles. The van der Waals surface area contributed by atoms with Crippen molar-refractivity contribution in [3.63, 3.8) is 0 Å². The fourth-order valence-electron chi connectivity index (χ4n) is 4.00. The zero-order valence-electron chi connectivity index (χ0n) is 14.9. The van der Waals surface area contributed by atoms with Crippen molar-refractivity contribution in [2.45, 2.75) is 44.7 Å². The number of ether oxygens (including phenoxy) is 1. The van der Waals surface area contributed by atoms with Crippen LogP contribution in [0.3, 0.4) is 0 Å². The van der Waals surface area contributed by atoms with Gasteiger partial charge in [0.1, 0.15) is 5.75 Å². The number of carbonyl (C=O) groups is 1. The molecule has 2 aliphatic rings. The Labute approximate surface area is 148 Å². The van der Waals surface area contributed by atoms with E-state index < -0.39 is 0 Å². The van der Waals surface area contributed by atoms with Crippen molar-refractivity contribution in [1.29, 1.82) is 0 Å². The van der Waals surface area contributed by atoms with Gasteiger partial charge in [-0.05, 0) is 55.4 Å². The van der Waals surface area contributed by atoms with Gasteiger partial charge in [-0.2, -0.15) is 5.10 Å². The lowest BCUT2D eigenvalue weighted by molar-refractivity contribution is -0.133. The van der Waals surface area contributed by atoms with Crippen LogP contribution < -0.4 is 4.74 Å². The lowest BCUT2D eigenvalue weighted by Crippen LogP contribution is -2.39. The van der Waals surface area contributed by atoms with Gasteiger partial charge >= 0.3 is 0 Å². The quantitative estimate of drug-likeness (QED) is 0.841. The fraction of sp³-hybridized carbons (Fsp3) is 0.500. The molecule has 3 unspecified atom stereocenters. The molecule has 0 radical (unpaired) electrons. The zero-order chi connectivity index (χ0) is 17.4. The van der Waals surface area contributed by atoms with E-state index in [4.69, 9.17) is 4.74 Å². The molecule has 1 aliphatic carbocycles. The molecule has 1 saturated heterocycles. The Balaban J connectivity index is 1.40. The number of carbonyl (C=O) groups excluding carboxylic acids is 1. The minimum Gasteiger partial charge on any atom is -0.497 e. The molecule has 1 amide bonds. The monoisotopic (exact) mass is 339 g/mol. The topological polar surface area (TPSA) is 47.4 Å². The molecule has 0 N–H and O–H groups in total. The van der Waals surface area contributed by atoms with Gasteiger partial charge in [-0.15, -0.1) is 0 Å². The average molecular weight is 339 g/mol. The maximum Gasteiger partial charge on any atom is 0.226 e. The highest BCUT2D eigenvalue weighted by Crippen LogP contribution is 2.49. The van der Waals surface area contributed by atoms with Crippen LogP contribution in [0, 0.1) is 12.8 Å². The first-order chi connectivity index (χ1) is 12.2. The Morgan fingerprint density at radius 3 is 2.80 bits per heavy atom. The van der Waals surface area contributed by atoms with Crippen molar-refractivity contribution < 1.29 is 9.53 Å². The van der Waals surface area contributed by atoms with Crippen molar-refractivity contribution in [3.05, 3.63) is 47.8 Å². The van der Waals surface area contributed by atoms with E-state index in [1.54, 1.807) is 7.11 Å². The largest absolute Gasteiger partial charge is 0.497 e. The SMILES string of the molecule is COc1ccc(C2CC2C(=O)N2CCCC2Cn2cc(C)cn2)cc1. The second-order valence-electron chi connectivity index (χ2n) is 7.29. The zero-order valence-corrected chi connectivity index (χ0v) is 14.9. The minimum absolute atomic E-state index is 0.147. The van der Waals surface area contributed by atoms with Gasteiger partial charge in [0.2, 0.25) is 5.91 Å². The molecule has 2 heterocycles. The van der Waals surface area contributed by atoms with Crippen molar-refractivity contribution in [2.24, 2.45) is 5.92 Å². The summed E-state index contributed by atoms with van der Waals surface area (Å²) in [6.45, 7) is 3.74. The maximum absolute atomic E-state index is 13.0. The summed E-state index contributed by atoms with van der Waals surface area (Å²) in [6.07, 6.45) is 7.07. The normalized spacial score (nSPS) is 25.2. The smallest absolute Gasteiger partial charge is 0.226 e. The summed E-state index contributed by atoms with van der Waals surface area (Å²) in [5.41, 5.74) is 2.41. The van der Waals surface area contributed by atoms with Crippen molar-refractivity contribution in [3.8, 4) is 5.75 Å². The van der Waals surface area contributed by atoms with E-state index in [0.29, 0.717) is 11.8 Å². The van der Waals surface area contributed by atoms with Crippen LogP contribution in [0.15, 0.2) is 36.7 Å². The molecular weight excluding hydrogens is 314 g/mol. The van der Waals surface area contributed by atoms with Crippen LogP contribution in [0.2, 0.25) is 0 Å². The molecule has 1 aromatic heterocycles. The number of aromatic nitrogens is 2. The molecule has 1 saturated carbocycles. The van der Waals surface area contributed by atoms with Gasteiger partial charge in [-0.25, -0.2) is 0 Å². The number of methoxy groups -OCH3 is 1. The van der Waals surface area contributed by atoms with Gasteiger partial charge in [0.15, 0.2) is 0 Å². The van der Waals surface area contributed by atoms with Crippen molar-refractivity contribution in [2.75, 3.05) is 13.7 Å². The molecule has 5 heteroatoms. The second-order valence-corrected chi connectivity index (χ2v) is 7.29. The first kappa shape index (κ1) is 16.2. The molecule has 3 atom stereocenters. The van der Waals surface area contributed by atoms with Crippen LogP contribution in [-0.2, 0) is 11.3 Å². The molecule has 25 heavy (non-hydrogen) atoms. The molecule has 2 aromatic rings. The summed E-state index contributed by atoms with van der Waals surface area (Å²) in [6, 6.07) is 8.42. The number of likely N-dealkylation sites (tertiary alicyclic amines) is 1. The molecule has 132 valence electrons. The third kappa shape index (κ3) is 3.28. The predicted octanol–water partition coefficient (Wildman–Crippen LogP) is 2.99. The molecule has 4 rings (SSSR count). The highest BCUT2D eigenvalue weighted by molar-refractivity contribution is 5.83. The Morgan fingerprint density at radius 2 is 2.12 bits per heavy atom. The summed E-state index contributed by atoms with van der Waals surface area (Å²) in [7, 11) is 1.67. The minimum atomic E-state index is 0.147. The van der Waals surface area contributed by atoms with E-state index in [9.17, 15) is 4.79 Å². The molecule has 1 aliphatic heterocycles. The van der Waals surface area contributed by atoms with E-state index in [-0.39, 0.29) is 12.0 Å². The maximum atomic E-state index is 13.0. The lowest BCUT2D eigenvalue weighted by Gasteiger charge is -2.25. The van der Waals surface area contributed by atoms with Crippen LogP contribution in [0.25, 0.3) is 0 Å². The lowest BCUT2D eigenvalue weighted by atomic mass is 10.1. The number of hydrogen-bond donors (Lipinski definition) is 0. The second kappa shape index (κ2) is 6.54. The fourth-order valence-corrected chi connectivity index (χ4v) is 4.00. The van der Waals surface area contributed by atoms with E-state index >= 15 is 0 Å². The van der Waals surface area contributed by atoms with Crippen molar-refractivity contribution >= 4 is 5.91 Å². The summed E-state index contributed by atoms with van der Waals surface area (Å²) in [5.74, 6) is 1.70. The highest BCUT2D eigenvalue weighted by Gasteiger charge is 2.47. The molecule has 0 spiro atoms. The van der Waals surface area contributed by atoms with Gasteiger partial charge in [-0.1, -0.05) is 12.1 Å². The van der Waals surface area contributed by atoms with Crippen LogP contribution in [0.5, 0.6) is 5.75 Å². The Morgan fingerprint density at radius 1 is 1.32 bits per heavy atom. The number of hydrogen-bond acceptors (Lipinski definition) is 3. The molecule has 2 fully saturated rings. The van der Waals surface area contributed by atoms with Crippen molar-refractivity contribution in [1.82, 2.24) is 14.7 Å². The van der Waals surface area contributed by atoms with E-state index in [1.807, 2.05) is 29.9 Å². The number of rotatable bonds is 5. The van der Waals surface area contributed by atoms with Gasteiger partial charge in [0, 0.05) is 18.7 Å². The first-order valence-electron chi connectivity index (χ1n) is 9.09.